The first-order valence-corrected chi connectivity index (χ1v) is 10.2. The molecule has 0 radical (unpaired) electrons. The fourth-order valence-corrected chi connectivity index (χ4v) is 3.97. The first-order valence-electron chi connectivity index (χ1n) is 10.2. The molecule has 4 aromatic rings. The van der Waals surface area contributed by atoms with E-state index in [9.17, 15) is 5.26 Å². The molecule has 156 valence electrons. The number of allylic oxidation sites excluding steroid dienone is 1. The Labute approximate surface area is 185 Å². The summed E-state index contributed by atoms with van der Waals surface area (Å²) >= 11 is 0. The largest absolute Gasteiger partial charge is 0.457 e. The van der Waals surface area contributed by atoms with Crippen LogP contribution in [0, 0.1) is 18.3 Å². The highest BCUT2D eigenvalue weighted by molar-refractivity contribution is 5.58. The van der Waals surface area contributed by atoms with Gasteiger partial charge in [-0.1, -0.05) is 48.5 Å². The van der Waals surface area contributed by atoms with Gasteiger partial charge >= 0.3 is 0 Å². The van der Waals surface area contributed by atoms with Crippen LogP contribution >= 0.6 is 0 Å². The van der Waals surface area contributed by atoms with Gasteiger partial charge in [0.15, 0.2) is 0 Å². The van der Waals surface area contributed by atoms with Crippen molar-refractivity contribution in [1.82, 2.24) is 9.78 Å². The Balaban J connectivity index is 1.63. The average molecular weight is 420 g/mol. The molecule has 0 bridgehead atoms. The maximum atomic E-state index is 9.91. The number of rotatable bonds is 4. The molecule has 0 spiro atoms. The summed E-state index contributed by atoms with van der Waals surface area (Å²) in [5.74, 6) is 1.59. The molecule has 6 heteroatoms. The van der Waals surface area contributed by atoms with Crippen LogP contribution in [0.15, 0.2) is 96.4 Å². The summed E-state index contributed by atoms with van der Waals surface area (Å²) in [6, 6.07) is 29.2. The highest BCUT2D eigenvalue weighted by atomic mass is 16.5. The SMILES string of the molecule is Cc1nn(-c2ccccc2)c2c1C(c1cccc(Oc3ccccc3)c1)C(C#N)=C(N)O2. The van der Waals surface area contributed by atoms with Crippen molar-refractivity contribution >= 4 is 0 Å². The number of ether oxygens (including phenoxy) is 2. The van der Waals surface area contributed by atoms with E-state index < -0.39 is 5.92 Å². The third-order valence-corrected chi connectivity index (χ3v) is 5.40. The van der Waals surface area contributed by atoms with E-state index in [2.05, 4.69) is 6.07 Å². The van der Waals surface area contributed by atoms with Crippen molar-refractivity contribution in [3.8, 4) is 29.1 Å². The van der Waals surface area contributed by atoms with E-state index in [4.69, 9.17) is 20.3 Å². The van der Waals surface area contributed by atoms with Crippen LogP contribution in [0.1, 0.15) is 22.7 Å². The minimum absolute atomic E-state index is 0.0801. The molecule has 3 aromatic carbocycles. The van der Waals surface area contributed by atoms with E-state index in [0.717, 1.165) is 28.3 Å². The Morgan fingerprint density at radius 1 is 0.969 bits per heavy atom. The van der Waals surface area contributed by atoms with E-state index in [1.165, 1.54) is 0 Å². The third kappa shape index (κ3) is 3.36. The average Bonchev–Trinajstić information content (AvgIpc) is 3.15. The lowest BCUT2D eigenvalue weighted by atomic mass is 9.84. The van der Waals surface area contributed by atoms with Gasteiger partial charge < -0.3 is 15.2 Å². The van der Waals surface area contributed by atoms with Gasteiger partial charge in [-0.25, -0.2) is 4.68 Å². The number of hydrogen-bond donors (Lipinski definition) is 1. The summed E-state index contributed by atoms with van der Waals surface area (Å²) in [5.41, 5.74) is 9.87. The molecule has 32 heavy (non-hydrogen) atoms. The molecule has 1 unspecified atom stereocenters. The lowest BCUT2D eigenvalue weighted by molar-refractivity contribution is 0.367. The number of nitriles is 1. The molecule has 6 nitrogen and oxygen atoms in total. The predicted molar refractivity (Wildman–Crippen MR) is 121 cm³/mol. The summed E-state index contributed by atoms with van der Waals surface area (Å²) < 4.78 is 13.7. The van der Waals surface area contributed by atoms with Gasteiger partial charge in [0.05, 0.1) is 22.9 Å². The number of para-hydroxylation sites is 2. The number of benzene rings is 3. The minimum Gasteiger partial charge on any atom is -0.457 e. The van der Waals surface area contributed by atoms with Gasteiger partial charge in [-0.15, -0.1) is 0 Å². The van der Waals surface area contributed by atoms with Crippen LogP contribution in [0.3, 0.4) is 0 Å². The van der Waals surface area contributed by atoms with E-state index in [0.29, 0.717) is 17.2 Å². The van der Waals surface area contributed by atoms with Crippen LogP contribution in [-0.4, -0.2) is 9.78 Å². The summed E-state index contributed by atoms with van der Waals surface area (Å²) in [6.45, 7) is 1.91. The molecule has 0 saturated carbocycles. The fourth-order valence-electron chi connectivity index (χ4n) is 3.97. The van der Waals surface area contributed by atoms with Crippen LogP contribution in [-0.2, 0) is 0 Å². The standard InChI is InChI=1S/C26H20N4O2/c1-17-23-24(18-9-8-14-21(15-18)31-20-12-6-3-7-13-20)22(16-27)25(28)32-26(23)30(29-17)19-10-4-2-5-11-19/h2-15,24H,28H2,1H3. The van der Waals surface area contributed by atoms with Gasteiger partial charge in [-0.2, -0.15) is 10.4 Å². The predicted octanol–water partition coefficient (Wildman–Crippen LogP) is 5.19. The topological polar surface area (TPSA) is 86.1 Å². The molecule has 0 amide bonds. The van der Waals surface area contributed by atoms with Gasteiger partial charge in [0.25, 0.3) is 0 Å². The van der Waals surface area contributed by atoms with Crippen LogP contribution in [0.5, 0.6) is 17.4 Å². The summed E-state index contributed by atoms with van der Waals surface area (Å²) in [4.78, 5) is 0. The Hall–Kier alpha value is -4.50. The van der Waals surface area contributed by atoms with Crippen molar-refractivity contribution in [3.63, 3.8) is 0 Å². The molecular weight excluding hydrogens is 400 g/mol. The van der Waals surface area contributed by atoms with Crippen molar-refractivity contribution in [3.05, 3.63) is 113 Å². The molecule has 0 saturated heterocycles. The fraction of sp³-hybridized carbons (Fsp3) is 0.0769. The number of aromatic nitrogens is 2. The van der Waals surface area contributed by atoms with E-state index in [1.54, 1.807) is 4.68 Å². The van der Waals surface area contributed by atoms with E-state index in [1.807, 2.05) is 91.9 Å². The normalized spacial score (nSPS) is 14.9. The third-order valence-electron chi connectivity index (χ3n) is 5.40. The first-order chi connectivity index (χ1) is 15.7. The molecule has 1 aromatic heterocycles. The molecule has 1 atom stereocenters. The zero-order chi connectivity index (χ0) is 22.1. The molecule has 0 fully saturated rings. The zero-order valence-corrected chi connectivity index (χ0v) is 17.4. The zero-order valence-electron chi connectivity index (χ0n) is 17.4. The van der Waals surface area contributed by atoms with Gasteiger partial charge in [0, 0.05) is 0 Å². The number of nitrogens with zero attached hydrogens (tertiary/aromatic N) is 3. The number of nitrogens with two attached hydrogens (primary N) is 1. The van der Waals surface area contributed by atoms with Crippen LogP contribution in [0.4, 0.5) is 0 Å². The van der Waals surface area contributed by atoms with Crippen LogP contribution in [0.25, 0.3) is 5.69 Å². The molecular formula is C26H20N4O2. The quantitative estimate of drug-likeness (QED) is 0.491. The smallest absolute Gasteiger partial charge is 0.229 e. The molecule has 5 rings (SSSR count). The molecule has 1 aliphatic heterocycles. The Morgan fingerprint density at radius 3 is 2.38 bits per heavy atom. The summed E-state index contributed by atoms with van der Waals surface area (Å²) in [7, 11) is 0. The van der Waals surface area contributed by atoms with Crippen molar-refractivity contribution < 1.29 is 9.47 Å². The maximum absolute atomic E-state index is 9.91. The molecule has 2 N–H and O–H groups in total. The number of hydrogen-bond acceptors (Lipinski definition) is 5. The number of fused-ring (bicyclic) bond motifs is 1. The lowest BCUT2D eigenvalue weighted by Gasteiger charge is -2.25. The highest BCUT2D eigenvalue weighted by Gasteiger charge is 2.36. The number of aryl methyl sites for hydroxylation is 1. The van der Waals surface area contributed by atoms with Crippen molar-refractivity contribution in [2.24, 2.45) is 5.73 Å². The van der Waals surface area contributed by atoms with Gasteiger partial charge in [-0.3, -0.25) is 0 Å². The van der Waals surface area contributed by atoms with Crippen molar-refractivity contribution in [2.75, 3.05) is 0 Å². The molecule has 2 heterocycles. The Morgan fingerprint density at radius 2 is 1.66 bits per heavy atom. The second kappa shape index (κ2) is 7.97. The van der Waals surface area contributed by atoms with Crippen molar-refractivity contribution in [2.45, 2.75) is 12.8 Å². The first kappa shape index (κ1) is 19.5. The van der Waals surface area contributed by atoms with Gasteiger partial charge in [-0.05, 0) is 48.9 Å². The second-order valence-electron chi connectivity index (χ2n) is 7.46. The molecule has 0 aliphatic carbocycles. The van der Waals surface area contributed by atoms with Crippen LogP contribution in [0.2, 0.25) is 0 Å². The van der Waals surface area contributed by atoms with Gasteiger partial charge in [0.2, 0.25) is 11.8 Å². The minimum atomic E-state index is -0.416. The lowest BCUT2D eigenvalue weighted by Crippen LogP contribution is -2.22. The second-order valence-corrected chi connectivity index (χ2v) is 7.46. The summed E-state index contributed by atoms with van der Waals surface area (Å²) in [5, 5.41) is 14.6. The van der Waals surface area contributed by atoms with Crippen molar-refractivity contribution in [1.29, 1.82) is 5.26 Å². The summed E-state index contributed by atoms with van der Waals surface area (Å²) in [6.07, 6.45) is 0. The van der Waals surface area contributed by atoms with E-state index in [-0.39, 0.29) is 5.88 Å². The van der Waals surface area contributed by atoms with Gasteiger partial charge in [0.1, 0.15) is 23.1 Å². The maximum Gasteiger partial charge on any atom is 0.229 e. The van der Waals surface area contributed by atoms with Crippen LogP contribution < -0.4 is 15.2 Å². The Bertz CT molecular complexity index is 1350. The monoisotopic (exact) mass is 420 g/mol. The van der Waals surface area contributed by atoms with E-state index >= 15 is 0 Å². The Kier molecular flexibility index (Phi) is 4.85. The molecule has 1 aliphatic rings. The highest BCUT2D eigenvalue weighted by Crippen LogP contribution is 2.45.